The lowest BCUT2D eigenvalue weighted by molar-refractivity contribution is 0.0684. The lowest BCUT2D eigenvalue weighted by Crippen LogP contribution is -2.21. The zero-order valence-electron chi connectivity index (χ0n) is 6.16. The molecular weight excluding hydrogens is 164 g/mol. The van der Waals surface area contributed by atoms with Crippen molar-refractivity contribution in [3.05, 3.63) is 11.4 Å². The standard InChI is InChI=1S/C5H6N4O3/c1-6-4(10)2-3(5(11)12)8-9-7-2/h1H3,(H,6,10)(H,11,12)(H,7,8,9). The molecule has 1 aromatic heterocycles. The smallest absolute Gasteiger partial charge is 0.358 e. The fourth-order valence-electron chi connectivity index (χ4n) is 0.657. The van der Waals surface area contributed by atoms with Gasteiger partial charge in [0, 0.05) is 7.05 Å². The zero-order valence-corrected chi connectivity index (χ0v) is 6.16. The summed E-state index contributed by atoms with van der Waals surface area (Å²) in [6, 6.07) is 0. The molecule has 1 aromatic rings. The van der Waals surface area contributed by atoms with Crippen molar-refractivity contribution in [2.24, 2.45) is 0 Å². The molecule has 0 fully saturated rings. The Morgan fingerprint density at radius 2 is 2.00 bits per heavy atom. The van der Waals surface area contributed by atoms with Gasteiger partial charge in [0.1, 0.15) is 0 Å². The number of aromatic carboxylic acids is 1. The van der Waals surface area contributed by atoms with Gasteiger partial charge in [-0.1, -0.05) is 0 Å². The average molecular weight is 170 g/mol. The van der Waals surface area contributed by atoms with E-state index in [1.165, 1.54) is 7.05 Å². The Morgan fingerprint density at radius 1 is 1.42 bits per heavy atom. The van der Waals surface area contributed by atoms with Gasteiger partial charge in [0.25, 0.3) is 5.91 Å². The van der Waals surface area contributed by atoms with Crippen LogP contribution in [0.4, 0.5) is 0 Å². The summed E-state index contributed by atoms with van der Waals surface area (Å²) in [5.74, 6) is -1.87. The summed E-state index contributed by atoms with van der Waals surface area (Å²) >= 11 is 0. The molecule has 0 unspecified atom stereocenters. The van der Waals surface area contributed by atoms with Crippen molar-refractivity contribution in [2.45, 2.75) is 0 Å². The number of H-pyrrole nitrogens is 1. The summed E-state index contributed by atoms with van der Waals surface area (Å²) in [6.07, 6.45) is 0. The summed E-state index contributed by atoms with van der Waals surface area (Å²) in [5.41, 5.74) is -0.598. The molecule has 7 nitrogen and oxygen atoms in total. The van der Waals surface area contributed by atoms with Crippen LogP contribution in [-0.4, -0.2) is 39.4 Å². The molecule has 3 N–H and O–H groups in total. The number of carboxylic acid groups (broad SMARTS) is 1. The Kier molecular flexibility index (Phi) is 2.04. The molecule has 64 valence electrons. The second-order valence-electron chi connectivity index (χ2n) is 1.91. The van der Waals surface area contributed by atoms with Crippen LogP contribution in [-0.2, 0) is 0 Å². The van der Waals surface area contributed by atoms with E-state index in [4.69, 9.17) is 5.11 Å². The molecule has 0 atom stereocenters. The fraction of sp³-hybridized carbons (Fsp3) is 0.200. The van der Waals surface area contributed by atoms with E-state index in [1.54, 1.807) is 0 Å². The van der Waals surface area contributed by atoms with E-state index in [-0.39, 0.29) is 11.4 Å². The number of hydrogen-bond acceptors (Lipinski definition) is 4. The summed E-state index contributed by atoms with van der Waals surface area (Å²) < 4.78 is 0. The molecule has 0 aliphatic heterocycles. The molecule has 12 heavy (non-hydrogen) atoms. The molecule has 0 spiro atoms. The highest BCUT2D eigenvalue weighted by Crippen LogP contribution is 1.99. The molecule has 1 rings (SSSR count). The third kappa shape index (κ3) is 1.24. The number of carbonyl (C=O) groups is 2. The van der Waals surface area contributed by atoms with Crippen molar-refractivity contribution in [3.63, 3.8) is 0 Å². The Hall–Kier alpha value is -1.92. The molecular formula is C5H6N4O3. The quantitative estimate of drug-likeness (QED) is 0.520. The van der Waals surface area contributed by atoms with Gasteiger partial charge in [-0.15, -0.1) is 10.2 Å². The van der Waals surface area contributed by atoms with Crippen LogP contribution in [0.5, 0.6) is 0 Å². The fourth-order valence-corrected chi connectivity index (χ4v) is 0.657. The van der Waals surface area contributed by atoms with Crippen LogP contribution >= 0.6 is 0 Å². The predicted molar refractivity (Wildman–Crippen MR) is 36.7 cm³/mol. The second-order valence-corrected chi connectivity index (χ2v) is 1.91. The van der Waals surface area contributed by atoms with Gasteiger partial charge in [-0.25, -0.2) is 4.79 Å². The first-order valence-electron chi connectivity index (χ1n) is 3.03. The van der Waals surface area contributed by atoms with E-state index >= 15 is 0 Å². The van der Waals surface area contributed by atoms with Crippen LogP contribution in [0.1, 0.15) is 21.0 Å². The van der Waals surface area contributed by atoms with Crippen molar-refractivity contribution in [1.82, 2.24) is 20.7 Å². The van der Waals surface area contributed by atoms with Gasteiger partial charge in [0.2, 0.25) is 5.69 Å². The molecule has 0 aromatic carbocycles. The van der Waals surface area contributed by atoms with Crippen molar-refractivity contribution in [3.8, 4) is 0 Å². The van der Waals surface area contributed by atoms with E-state index in [0.717, 1.165) is 0 Å². The Labute approximate surface area is 66.8 Å². The lowest BCUT2D eigenvalue weighted by Gasteiger charge is -1.92. The molecule has 1 heterocycles. The van der Waals surface area contributed by atoms with Gasteiger partial charge in [0.05, 0.1) is 0 Å². The maximum Gasteiger partial charge on any atom is 0.358 e. The first-order valence-corrected chi connectivity index (χ1v) is 3.03. The highest BCUT2D eigenvalue weighted by atomic mass is 16.4. The SMILES string of the molecule is CNC(=O)c1n[nH]nc1C(=O)O. The number of carbonyl (C=O) groups excluding carboxylic acids is 1. The van der Waals surface area contributed by atoms with Crippen LogP contribution in [0.3, 0.4) is 0 Å². The van der Waals surface area contributed by atoms with Gasteiger partial charge >= 0.3 is 5.97 Å². The minimum Gasteiger partial charge on any atom is -0.476 e. The Morgan fingerprint density at radius 3 is 2.50 bits per heavy atom. The topological polar surface area (TPSA) is 108 Å². The van der Waals surface area contributed by atoms with E-state index in [1.807, 2.05) is 0 Å². The van der Waals surface area contributed by atoms with E-state index in [9.17, 15) is 9.59 Å². The minimum absolute atomic E-state index is 0.218. The zero-order chi connectivity index (χ0) is 9.14. The third-order valence-corrected chi connectivity index (χ3v) is 1.19. The molecule has 0 saturated carbocycles. The highest BCUT2D eigenvalue weighted by molar-refractivity contribution is 6.01. The molecule has 0 saturated heterocycles. The summed E-state index contributed by atoms with van der Waals surface area (Å²) in [5, 5.41) is 19.5. The Balaban J connectivity index is 3.07. The number of aromatic nitrogens is 3. The van der Waals surface area contributed by atoms with Gasteiger partial charge < -0.3 is 10.4 Å². The molecule has 0 aliphatic rings. The number of nitrogens with zero attached hydrogens (tertiary/aromatic N) is 2. The van der Waals surface area contributed by atoms with Crippen molar-refractivity contribution < 1.29 is 14.7 Å². The Bertz CT molecular complexity index is 318. The normalized spacial score (nSPS) is 9.42. The van der Waals surface area contributed by atoms with Crippen molar-refractivity contribution in [1.29, 1.82) is 0 Å². The number of amides is 1. The van der Waals surface area contributed by atoms with Crippen LogP contribution < -0.4 is 5.32 Å². The number of carboxylic acids is 1. The minimum atomic E-state index is -1.29. The molecule has 0 bridgehead atoms. The van der Waals surface area contributed by atoms with Gasteiger partial charge in [-0.3, -0.25) is 4.79 Å². The van der Waals surface area contributed by atoms with Crippen LogP contribution in [0.25, 0.3) is 0 Å². The van der Waals surface area contributed by atoms with E-state index in [0.29, 0.717) is 0 Å². The number of rotatable bonds is 2. The van der Waals surface area contributed by atoms with E-state index < -0.39 is 11.9 Å². The lowest BCUT2D eigenvalue weighted by atomic mass is 10.3. The molecule has 0 aliphatic carbocycles. The van der Waals surface area contributed by atoms with Crippen molar-refractivity contribution in [2.75, 3.05) is 7.05 Å². The third-order valence-electron chi connectivity index (χ3n) is 1.19. The predicted octanol–water partition coefficient (Wildman–Crippen LogP) is -1.14. The highest BCUT2D eigenvalue weighted by Gasteiger charge is 2.20. The van der Waals surface area contributed by atoms with Crippen LogP contribution in [0.15, 0.2) is 0 Å². The van der Waals surface area contributed by atoms with E-state index in [2.05, 4.69) is 20.7 Å². The monoisotopic (exact) mass is 170 g/mol. The van der Waals surface area contributed by atoms with Gasteiger partial charge in [-0.05, 0) is 0 Å². The largest absolute Gasteiger partial charge is 0.476 e. The summed E-state index contributed by atoms with van der Waals surface area (Å²) in [7, 11) is 1.38. The maximum absolute atomic E-state index is 10.9. The summed E-state index contributed by atoms with van der Waals surface area (Å²) in [4.78, 5) is 21.3. The van der Waals surface area contributed by atoms with Crippen molar-refractivity contribution >= 4 is 11.9 Å². The number of nitrogens with one attached hydrogen (secondary N) is 2. The summed E-state index contributed by atoms with van der Waals surface area (Å²) in [6.45, 7) is 0. The maximum atomic E-state index is 10.9. The number of hydrogen-bond donors (Lipinski definition) is 3. The molecule has 1 amide bonds. The average Bonchev–Trinajstić information content (AvgIpc) is 2.50. The second kappa shape index (κ2) is 2.99. The first kappa shape index (κ1) is 8.18. The van der Waals surface area contributed by atoms with Gasteiger partial charge in [-0.2, -0.15) is 5.21 Å². The van der Waals surface area contributed by atoms with Gasteiger partial charge in [0.15, 0.2) is 5.69 Å². The van der Waals surface area contributed by atoms with Crippen LogP contribution in [0, 0.1) is 0 Å². The number of aromatic amines is 1. The van der Waals surface area contributed by atoms with Crippen LogP contribution in [0.2, 0.25) is 0 Å². The first-order chi connectivity index (χ1) is 5.66. The molecule has 7 heteroatoms. The molecule has 0 radical (unpaired) electrons.